The molecule has 0 saturated heterocycles. The summed E-state index contributed by atoms with van der Waals surface area (Å²) in [6, 6.07) is 0. The van der Waals surface area contributed by atoms with Crippen LogP contribution in [-0.2, 0) is 13.8 Å². The largest absolute Gasteiger partial charge is 0.378 e. The van der Waals surface area contributed by atoms with Gasteiger partial charge in [0.1, 0.15) is 0 Å². The van der Waals surface area contributed by atoms with Gasteiger partial charge in [0.05, 0.1) is 11.9 Å². The van der Waals surface area contributed by atoms with Gasteiger partial charge in [-0.15, -0.1) is 0 Å². The second kappa shape index (κ2) is 7.59. The Labute approximate surface area is 109 Å². The first-order valence-electron chi connectivity index (χ1n) is 6.55. The molecular weight excluding hydrogens is 260 g/mol. The molecule has 1 saturated carbocycles. The molecule has 0 spiro atoms. The molecule has 0 aliphatic heterocycles. The predicted molar refractivity (Wildman–Crippen MR) is 70.9 cm³/mol. The SMILES string of the molecule is CCC1CCCC(OCCCCS(=O)(=O)Cl)C1. The zero-order valence-electron chi connectivity index (χ0n) is 10.5. The summed E-state index contributed by atoms with van der Waals surface area (Å²) >= 11 is 0. The van der Waals surface area contributed by atoms with Gasteiger partial charge in [0.2, 0.25) is 9.05 Å². The van der Waals surface area contributed by atoms with E-state index in [1.165, 1.54) is 25.7 Å². The van der Waals surface area contributed by atoms with E-state index in [1.54, 1.807) is 0 Å². The van der Waals surface area contributed by atoms with Crippen LogP contribution in [0.2, 0.25) is 0 Å². The van der Waals surface area contributed by atoms with E-state index in [4.69, 9.17) is 15.4 Å². The molecule has 0 radical (unpaired) electrons. The van der Waals surface area contributed by atoms with Gasteiger partial charge < -0.3 is 4.74 Å². The van der Waals surface area contributed by atoms with Gasteiger partial charge in [-0.25, -0.2) is 8.42 Å². The summed E-state index contributed by atoms with van der Waals surface area (Å²) < 4.78 is 27.2. The van der Waals surface area contributed by atoms with Crippen molar-refractivity contribution in [3.8, 4) is 0 Å². The molecular formula is C12H23ClO3S. The predicted octanol–water partition coefficient (Wildman–Crippen LogP) is 3.32. The standard InChI is InChI=1S/C12H23ClO3S/c1-2-11-6-5-7-12(10-11)16-8-3-4-9-17(13,14)15/h11-12H,2-10H2,1H3. The van der Waals surface area contributed by atoms with E-state index in [2.05, 4.69) is 6.92 Å². The van der Waals surface area contributed by atoms with Gasteiger partial charge in [-0.3, -0.25) is 0 Å². The number of ether oxygens (including phenoxy) is 1. The van der Waals surface area contributed by atoms with Gasteiger partial charge in [0.25, 0.3) is 0 Å². The van der Waals surface area contributed by atoms with E-state index < -0.39 is 9.05 Å². The van der Waals surface area contributed by atoms with Crippen LogP contribution in [0.25, 0.3) is 0 Å². The second-order valence-electron chi connectivity index (χ2n) is 4.88. The van der Waals surface area contributed by atoms with Crippen LogP contribution in [0.4, 0.5) is 0 Å². The van der Waals surface area contributed by atoms with Crippen LogP contribution in [0.3, 0.4) is 0 Å². The first kappa shape index (κ1) is 15.3. The van der Waals surface area contributed by atoms with Crippen molar-refractivity contribution in [3.63, 3.8) is 0 Å². The first-order chi connectivity index (χ1) is 8.01. The summed E-state index contributed by atoms with van der Waals surface area (Å²) in [4.78, 5) is 0. The molecule has 2 unspecified atom stereocenters. The van der Waals surface area contributed by atoms with Crippen molar-refractivity contribution in [1.29, 1.82) is 0 Å². The van der Waals surface area contributed by atoms with E-state index in [9.17, 15) is 8.42 Å². The average molecular weight is 283 g/mol. The maximum Gasteiger partial charge on any atom is 0.232 e. The Morgan fingerprint density at radius 2 is 2.06 bits per heavy atom. The van der Waals surface area contributed by atoms with Crippen molar-refractivity contribution in [1.82, 2.24) is 0 Å². The maximum absolute atomic E-state index is 10.7. The molecule has 0 aromatic carbocycles. The molecule has 1 aliphatic rings. The molecule has 0 aromatic heterocycles. The zero-order valence-corrected chi connectivity index (χ0v) is 12.1. The highest BCUT2D eigenvalue weighted by atomic mass is 35.7. The summed E-state index contributed by atoms with van der Waals surface area (Å²) in [7, 11) is 1.80. The Balaban J connectivity index is 2.06. The van der Waals surface area contributed by atoms with E-state index in [-0.39, 0.29) is 5.75 Å². The van der Waals surface area contributed by atoms with Crippen molar-refractivity contribution in [2.75, 3.05) is 12.4 Å². The first-order valence-corrected chi connectivity index (χ1v) is 9.03. The third kappa shape index (κ3) is 7.27. The Morgan fingerprint density at radius 3 is 2.71 bits per heavy atom. The number of unbranched alkanes of at least 4 members (excludes halogenated alkanes) is 1. The highest BCUT2D eigenvalue weighted by Crippen LogP contribution is 2.28. The molecule has 17 heavy (non-hydrogen) atoms. The number of hydrogen-bond donors (Lipinski definition) is 0. The van der Waals surface area contributed by atoms with E-state index >= 15 is 0 Å². The van der Waals surface area contributed by atoms with Gasteiger partial charge in [0, 0.05) is 17.3 Å². The minimum atomic E-state index is -3.33. The zero-order chi connectivity index (χ0) is 12.7. The summed E-state index contributed by atoms with van der Waals surface area (Å²) in [6.07, 6.45) is 7.93. The fourth-order valence-corrected chi connectivity index (χ4v) is 3.27. The van der Waals surface area contributed by atoms with E-state index in [0.717, 1.165) is 18.8 Å². The molecule has 1 fully saturated rings. The van der Waals surface area contributed by atoms with Gasteiger partial charge >= 0.3 is 0 Å². The summed E-state index contributed by atoms with van der Waals surface area (Å²) in [5.41, 5.74) is 0. The Hall–Kier alpha value is 0.200. The molecule has 0 N–H and O–H groups in total. The van der Waals surface area contributed by atoms with Crippen LogP contribution >= 0.6 is 10.7 Å². The van der Waals surface area contributed by atoms with Crippen LogP contribution < -0.4 is 0 Å². The van der Waals surface area contributed by atoms with E-state index in [1.807, 2.05) is 0 Å². The maximum atomic E-state index is 10.7. The Morgan fingerprint density at radius 1 is 1.29 bits per heavy atom. The quantitative estimate of drug-likeness (QED) is 0.531. The third-order valence-corrected chi connectivity index (χ3v) is 4.69. The fraction of sp³-hybridized carbons (Fsp3) is 1.00. The van der Waals surface area contributed by atoms with E-state index in [0.29, 0.717) is 19.1 Å². The molecule has 3 nitrogen and oxygen atoms in total. The summed E-state index contributed by atoms with van der Waals surface area (Å²) in [5.74, 6) is 0.872. The number of hydrogen-bond acceptors (Lipinski definition) is 3. The highest BCUT2D eigenvalue weighted by Gasteiger charge is 2.20. The second-order valence-corrected chi connectivity index (χ2v) is 7.78. The molecule has 1 rings (SSSR count). The highest BCUT2D eigenvalue weighted by molar-refractivity contribution is 8.13. The minimum absolute atomic E-state index is 0.0557. The smallest absolute Gasteiger partial charge is 0.232 e. The molecule has 2 atom stereocenters. The fourth-order valence-electron chi connectivity index (χ4n) is 2.39. The normalized spacial score (nSPS) is 26.0. The van der Waals surface area contributed by atoms with Crippen LogP contribution in [0.1, 0.15) is 51.9 Å². The van der Waals surface area contributed by atoms with Gasteiger partial charge in [-0.05, 0) is 31.6 Å². The summed E-state index contributed by atoms with van der Waals surface area (Å²) in [6.45, 7) is 2.89. The van der Waals surface area contributed by atoms with Crippen LogP contribution in [-0.4, -0.2) is 26.9 Å². The van der Waals surface area contributed by atoms with Gasteiger partial charge in [-0.1, -0.05) is 26.2 Å². The lowest BCUT2D eigenvalue weighted by Crippen LogP contribution is -2.23. The van der Waals surface area contributed by atoms with Crippen molar-refractivity contribution in [2.24, 2.45) is 5.92 Å². The molecule has 0 amide bonds. The Bertz CT molecular complexity index is 303. The average Bonchev–Trinajstić information content (AvgIpc) is 2.27. The van der Waals surface area contributed by atoms with Gasteiger partial charge in [-0.2, -0.15) is 0 Å². The molecule has 0 heterocycles. The van der Waals surface area contributed by atoms with Crippen molar-refractivity contribution in [3.05, 3.63) is 0 Å². The lowest BCUT2D eigenvalue weighted by atomic mass is 9.85. The van der Waals surface area contributed by atoms with Crippen molar-refractivity contribution >= 4 is 19.7 Å². The van der Waals surface area contributed by atoms with Crippen LogP contribution in [0.5, 0.6) is 0 Å². The lowest BCUT2D eigenvalue weighted by molar-refractivity contribution is 0.0113. The number of halogens is 1. The van der Waals surface area contributed by atoms with Crippen molar-refractivity contribution in [2.45, 2.75) is 58.0 Å². The molecule has 5 heteroatoms. The molecule has 1 aliphatic carbocycles. The monoisotopic (exact) mass is 282 g/mol. The van der Waals surface area contributed by atoms with Gasteiger partial charge in [0.15, 0.2) is 0 Å². The topological polar surface area (TPSA) is 43.4 Å². The van der Waals surface area contributed by atoms with Crippen molar-refractivity contribution < 1.29 is 13.2 Å². The van der Waals surface area contributed by atoms with Crippen LogP contribution in [0, 0.1) is 5.92 Å². The lowest BCUT2D eigenvalue weighted by Gasteiger charge is -2.28. The summed E-state index contributed by atoms with van der Waals surface area (Å²) in [5, 5.41) is 0. The molecule has 0 aromatic rings. The number of rotatable bonds is 7. The molecule has 102 valence electrons. The Kier molecular flexibility index (Phi) is 6.82. The third-order valence-electron chi connectivity index (χ3n) is 3.45. The molecule has 0 bridgehead atoms. The minimum Gasteiger partial charge on any atom is -0.378 e. The van der Waals surface area contributed by atoms with Crippen LogP contribution in [0.15, 0.2) is 0 Å².